The second-order valence-corrected chi connectivity index (χ2v) is 16.9. The van der Waals surface area contributed by atoms with Crippen LogP contribution >= 0.6 is 23.5 Å². The van der Waals surface area contributed by atoms with Crippen LogP contribution in [0.3, 0.4) is 0 Å². The monoisotopic (exact) mass is 738 g/mol. The molecule has 2 aliphatic rings. The van der Waals surface area contributed by atoms with E-state index in [0.717, 1.165) is 32.0 Å². The van der Waals surface area contributed by atoms with Crippen molar-refractivity contribution in [3.8, 4) is 0 Å². The smallest absolute Gasteiger partial charge is 0.332 e. The van der Waals surface area contributed by atoms with E-state index < -0.39 is 17.0 Å². The van der Waals surface area contributed by atoms with E-state index in [9.17, 15) is 24.3 Å². The molecule has 3 N–H and O–H groups in total. The first-order valence-corrected chi connectivity index (χ1v) is 19.3. The SMILES string of the molecule is CC(C)Sc1ccccc1C(=O)NC1(C(=O)O)Cc2ccccc2C1.CCOC(=O)C1(NC(=O)c2ccccc2SC(C)C)Cc2ccccc2C1. The minimum absolute atomic E-state index is 0.236. The normalized spacial score (nSPS) is 14.8. The van der Waals surface area contributed by atoms with Crippen LogP contribution in [0, 0.1) is 0 Å². The number of hydrogen-bond donors (Lipinski definition) is 3. The Morgan fingerprint density at radius 2 is 0.962 bits per heavy atom. The standard InChI is InChI=1S/C22H25NO3S.C20H21NO3S/c1-4-26-21(25)22(13-16-9-5-6-10-17(16)14-22)23-20(24)18-11-7-8-12-19(18)27-15(2)3;1-13(2)25-17-10-6-5-9-16(17)18(22)21-20(19(23)24)11-14-7-3-4-8-15(14)12-20/h5-12,15H,4,13-14H2,1-3H3,(H,23,24);3-10,13H,11-12H2,1-2H3,(H,21,22)(H,23,24). The van der Waals surface area contributed by atoms with Gasteiger partial charge in [0.1, 0.15) is 11.1 Å². The molecule has 52 heavy (non-hydrogen) atoms. The van der Waals surface area contributed by atoms with E-state index in [1.54, 1.807) is 48.6 Å². The molecule has 0 aliphatic heterocycles. The third-order valence-electron chi connectivity index (χ3n) is 8.98. The third kappa shape index (κ3) is 8.90. The maximum atomic E-state index is 13.1. The fourth-order valence-corrected chi connectivity index (χ4v) is 8.57. The molecule has 0 fully saturated rings. The summed E-state index contributed by atoms with van der Waals surface area (Å²) in [5.74, 6) is -1.94. The number of carbonyl (C=O) groups is 4. The van der Waals surface area contributed by atoms with Crippen LogP contribution in [0.2, 0.25) is 0 Å². The Morgan fingerprint density at radius 1 is 0.615 bits per heavy atom. The molecule has 0 unspecified atom stereocenters. The van der Waals surface area contributed by atoms with E-state index >= 15 is 0 Å². The molecule has 2 amide bonds. The van der Waals surface area contributed by atoms with Crippen molar-refractivity contribution in [1.82, 2.24) is 10.6 Å². The summed E-state index contributed by atoms with van der Waals surface area (Å²) in [4.78, 5) is 52.6. The molecule has 6 rings (SSSR count). The lowest BCUT2D eigenvalue weighted by Gasteiger charge is -2.28. The Bertz CT molecular complexity index is 1890. The van der Waals surface area contributed by atoms with Gasteiger partial charge in [-0.05, 0) is 53.4 Å². The summed E-state index contributed by atoms with van der Waals surface area (Å²) in [6.07, 6.45) is 1.52. The molecule has 4 aromatic rings. The number of carboxylic acid groups (broad SMARTS) is 1. The van der Waals surface area contributed by atoms with Gasteiger partial charge in [0.05, 0.1) is 17.7 Å². The number of nitrogens with one attached hydrogen (secondary N) is 2. The Balaban J connectivity index is 0.000000202. The van der Waals surface area contributed by atoms with Crippen molar-refractivity contribution in [3.05, 3.63) is 130 Å². The molecular weight excluding hydrogens is 693 g/mol. The second-order valence-electron chi connectivity index (χ2n) is 13.7. The van der Waals surface area contributed by atoms with Crippen molar-refractivity contribution in [2.45, 2.75) is 91.7 Å². The lowest BCUT2D eigenvalue weighted by atomic mass is 9.95. The zero-order valence-electron chi connectivity index (χ0n) is 30.2. The first-order valence-electron chi connectivity index (χ1n) is 17.6. The Kier molecular flexibility index (Phi) is 12.5. The van der Waals surface area contributed by atoms with Crippen molar-refractivity contribution < 1.29 is 29.0 Å². The minimum Gasteiger partial charge on any atom is -0.479 e. The van der Waals surface area contributed by atoms with Crippen LogP contribution in [0.25, 0.3) is 0 Å². The van der Waals surface area contributed by atoms with Gasteiger partial charge in [0.2, 0.25) is 0 Å². The number of aliphatic carboxylic acids is 1. The van der Waals surface area contributed by atoms with Gasteiger partial charge in [-0.15, -0.1) is 23.5 Å². The summed E-state index contributed by atoms with van der Waals surface area (Å²) < 4.78 is 5.33. The molecule has 8 nitrogen and oxygen atoms in total. The number of hydrogen-bond acceptors (Lipinski definition) is 7. The summed E-state index contributed by atoms with van der Waals surface area (Å²) in [7, 11) is 0. The molecule has 0 radical (unpaired) electrons. The Hall–Kier alpha value is -4.54. The van der Waals surface area contributed by atoms with Gasteiger partial charge in [0, 0.05) is 46.0 Å². The van der Waals surface area contributed by atoms with Gasteiger partial charge >= 0.3 is 11.9 Å². The highest BCUT2D eigenvalue weighted by Crippen LogP contribution is 2.34. The molecule has 0 aromatic heterocycles. The van der Waals surface area contributed by atoms with Gasteiger partial charge in [-0.1, -0.05) is 100 Å². The maximum Gasteiger partial charge on any atom is 0.332 e. The fourth-order valence-electron chi connectivity index (χ4n) is 6.67. The molecule has 4 aromatic carbocycles. The van der Waals surface area contributed by atoms with Crippen molar-refractivity contribution in [2.75, 3.05) is 6.61 Å². The highest BCUT2D eigenvalue weighted by Gasteiger charge is 2.47. The summed E-state index contributed by atoms with van der Waals surface area (Å²) >= 11 is 3.24. The van der Waals surface area contributed by atoms with E-state index in [1.807, 2.05) is 78.9 Å². The van der Waals surface area contributed by atoms with Gasteiger partial charge in [-0.2, -0.15) is 0 Å². The zero-order valence-corrected chi connectivity index (χ0v) is 31.9. The number of benzene rings is 4. The van der Waals surface area contributed by atoms with E-state index in [1.165, 1.54) is 0 Å². The Morgan fingerprint density at radius 3 is 1.33 bits per heavy atom. The number of carbonyl (C=O) groups excluding carboxylic acids is 3. The van der Waals surface area contributed by atoms with Crippen LogP contribution in [0.15, 0.2) is 107 Å². The second kappa shape index (κ2) is 16.9. The molecule has 0 saturated carbocycles. The molecular formula is C42H46N2O6S2. The van der Waals surface area contributed by atoms with Crippen molar-refractivity contribution in [2.24, 2.45) is 0 Å². The number of fused-ring (bicyclic) bond motifs is 2. The maximum absolute atomic E-state index is 13.1. The number of carboxylic acids is 1. The molecule has 0 atom stereocenters. The molecule has 0 heterocycles. The summed E-state index contributed by atoms with van der Waals surface area (Å²) in [5.41, 5.74) is 2.91. The van der Waals surface area contributed by atoms with Crippen molar-refractivity contribution in [1.29, 1.82) is 0 Å². The number of rotatable bonds is 11. The summed E-state index contributed by atoms with van der Waals surface area (Å²) in [6.45, 7) is 10.4. The van der Waals surface area contributed by atoms with E-state index in [4.69, 9.17) is 4.74 Å². The van der Waals surface area contributed by atoms with Crippen LogP contribution in [-0.4, -0.2) is 57.0 Å². The van der Waals surface area contributed by atoms with Crippen molar-refractivity contribution >= 4 is 47.3 Å². The number of amides is 2. The molecule has 0 bridgehead atoms. The zero-order chi connectivity index (χ0) is 37.5. The van der Waals surface area contributed by atoms with Crippen LogP contribution in [0.5, 0.6) is 0 Å². The van der Waals surface area contributed by atoms with Gasteiger partial charge in [-0.25, -0.2) is 9.59 Å². The molecule has 272 valence electrons. The van der Waals surface area contributed by atoms with Gasteiger partial charge in [0.25, 0.3) is 11.8 Å². The van der Waals surface area contributed by atoms with Crippen LogP contribution in [0.1, 0.15) is 77.6 Å². The van der Waals surface area contributed by atoms with Gasteiger partial charge in [0.15, 0.2) is 0 Å². The van der Waals surface area contributed by atoms with E-state index in [2.05, 4.69) is 38.3 Å². The third-order valence-corrected chi connectivity index (χ3v) is 11.1. The molecule has 0 saturated heterocycles. The predicted molar refractivity (Wildman–Crippen MR) is 207 cm³/mol. The lowest BCUT2D eigenvalue weighted by molar-refractivity contribution is -0.150. The molecule has 10 heteroatoms. The number of esters is 1. The predicted octanol–water partition coefficient (Wildman–Crippen LogP) is 7.56. The van der Waals surface area contributed by atoms with Gasteiger partial charge in [-0.3, -0.25) is 9.59 Å². The average Bonchev–Trinajstić information content (AvgIpc) is 3.68. The summed E-state index contributed by atoms with van der Waals surface area (Å²) in [6, 6.07) is 30.4. The van der Waals surface area contributed by atoms with Crippen LogP contribution in [-0.2, 0) is 40.0 Å². The Labute approximate surface area is 314 Å². The molecule has 0 spiro atoms. The largest absolute Gasteiger partial charge is 0.479 e. The fraction of sp³-hybridized carbons (Fsp3) is 0.333. The minimum atomic E-state index is -1.28. The highest BCUT2D eigenvalue weighted by atomic mass is 32.2. The number of ether oxygens (including phenoxy) is 1. The molecule has 2 aliphatic carbocycles. The van der Waals surface area contributed by atoms with Gasteiger partial charge < -0.3 is 20.5 Å². The summed E-state index contributed by atoms with van der Waals surface area (Å²) in [5, 5.41) is 16.4. The first kappa shape index (κ1) is 38.7. The number of thioether (sulfide) groups is 2. The van der Waals surface area contributed by atoms with Crippen LogP contribution in [0.4, 0.5) is 0 Å². The van der Waals surface area contributed by atoms with E-state index in [-0.39, 0.29) is 24.4 Å². The first-order chi connectivity index (χ1) is 24.9. The topological polar surface area (TPSA) is 122 Å². The van der Waals surface area contributed by atoms with Crippen molar-refractivity contribution in [3.63, 3.8) is 0 Å². The highest BCUT2D eigenvalue weighted by molar-refractivity contribution is 8.00. The average molecular weight is 739 g/mol. The quantitative estimate of drug-likeness (QED) is 0.107. The lowest BCUT2D eigenvalue weighted by Crippen LogP contribution is -2.56. The van der Waals surface area contributed by atoms with E-state index in [0.29, 0.717) is 47.3 Å². The van der Waals surface area contributed by atoms with Crippen LogP contribution < -0.4 is 10.6 Å².